The molecule has 1 aromatic rings. The highest BCUT2D eigenvalue weighted by molar-refractivity contribution is 5.91. The molecular formula is C17H23F2NO2. The van der Waals surface area contributed by atoms with E-state index in [4.69, 9.17) is 0 Å². The van der Waals surface area contributed by atoms with E-state index >= 15 is 0 Å². The second-order valence-corrected chi connectivity index (χ2v) is 6.38. The molecule has 0 saturated heterocycles. The van der Waals surface area contributed by atoms with E-state index in [0.717, 1.165) is 12.1 Å². The number of ketones is 1. The first kappa shape index (κ1) is 18.3. The van der Waals surface area contributed by atoms with E-state index in [1.165, 1.54) is 0 Å². The predicted octanol–water partition coefficient (Wildman–Crippen LogP) is 4.11. The zero-order chi connectivity index (χ0) is 16.9. The number of hydrogen-bond donors (Lipinski definition) is 1. The van der Waals surface area contributed by atoms with Gasteiger partial charge in [0.2, 0.25) is 5.91 Å². The van der Waals surface area contributed by atoms with Crippen LogP contribution in [0.4, 0.5) is 14.5 Å². The van der Waals surface area contributed by atoms with Gasteiger partial charge in [0.15, 0.2) is 0 Å². The highest BCUT2D eigenvalue weighted by Crippen LogP contribution is 2.21. The smallest absolute Gasteiger partial charge is 0.224 e. The summed E-state index contributed by atoms with van der Waals surface area (Å²) in [6.45, 7) is 7.50. The van der Waals surface area contributed by atoms with Gasteiger partial charge in [0.25, 0.3) is 0 Å². The monoisotopic (exact) mass is 311 g/mol. The maximum atomic E-state index is 14.0. The first-order valence-corrected chi connectivity index (χ1v) is 7.48. The van der Waals surface area contributed by atoms with Gasteiger partial charge in [-0.05, 0) is 23.5 Å². The van der Waals surface area contributed by atoms with Crippen LogP contribution in [0.5, 0.6) is 0 Å². The zero-order valence-electron chi connectivity index (χ0n) is 13.5. The lowest BCUT2D eigenvalue weighted by Gasteiger charge is -2.11. The van der Waals surface area contributed by atoms with Crippen molar-refractivity contribution in [3.05, 3.63) is 29.3 Å². The number of Topliss-reactive ketones (excluding diaryl/α,β-unsaturated/α-hetero) is 1. The number of nitrogens with one attached hydrogen (secondary N) is 1. The van der Waals surface area contributed by atoms with Gasteiger partial charge in [-0.1, -0.05) is 27.7 Å². The molecule has 1 amide bonds. The van der Waals surface area contributed by atoms with Crippen molar-refractivity contribution in [2.24, 2.45) is 11.8 Å². The second kappa shape index (κ2) is 8.01. The molecule has 1 rings (SSSR count). The lowest BCUT2D eigenvalue weighted by Crippen LogP contribution is -2.15. The molecule has 0 unspecified atom stereocenters. The number of halogens is 2. The third kappa shape index (κ3) is 5.92. The van der Waals surface area contributed by atoms with E-state index in [2.05, 4.69) is 5.32 Å². The molecule has 0 radical (unpaired) electrons. The maximum Gasteiger partial charge on any atom is 0.224 e. The van der Waals surface area contributed by atoms with Crippen molar-refractivity contribution in [1.82, 2.24) is 0 Å². The highest BCUT2D eigenvalue weighted by atomic mass is 19.1. The Kier molecular flexibility index (Phi) is 6.65. The number of amides is 1. The summed E-state index contributed by atoms with van der Waals surface area (Å²) in [5.74, 6) is -1.61. The van der Waals surface area contributed by atoms with Crippen molar-refractivity contribution in [3.8, 4) is 0 Å². The van der Waals surface area contributed by atoms with E-state index in [9.17, 15) is 18.4 Å². The zero-order valence-corrected chi connectivity index (χ0v) is 13.5. The van der Waals surface area contributed by atoms with Gasteiger partial charge in [-0.2, -0.15) is 0 Å². The molecule has 0 aliphatic carbocycles. The Hall–Kier alpha value is -1.78. The molecule has 22 heavy (non-hydrogen) atoms. The van der Waals surface area contributed by atoms with Crippen LogP contribution in [0, 0.1) is 23.5 Å². The van der Waals surface area contributed by atoms with Crippen molar-refractivity contribution in [2.45, 2.75) is 47.0 Å². The van der Waals surface area contributed by atoms with Crippen molar-refractivity contribution in [2.75, 3.05) is 5.32 Å². The molecule has 0 heterocycles. The molecule has 1 N–H and O–H groups in total. The van der Waals surface area contributed by atoms with Gasteiger partial charge in [0.1, 0.15) is 17.4 Å². The van der Waals surface area contributed by atoms with E-state index in [1.54, 1.807) is 0 Å². The highest BCUT2D eigenvalue weighted by Gasteiger charge is 2.15. The topological polar surface area (TPSA) is 46.2 Å². The van der Waals surface area contributed by atoms with Crippen LogP contribution >= 0.6 is 0 Å². The fraction of sp³-hybridized carbons (Fsp3) is 0.529. The Morgan fingerprint density at radius 3 is 2.14 bits per heavy atom. The van der Waals surface area contributed by atoms with Crippen LogP contribution in [0.1, 0.15) is 46.1 Å². The molecule has 0 aromatic heterocycles. The van der Waals surface area contributed by atoms with E-state index < -0.39 is 11.6 Å². The van der Waals surface area contributed by atoms with Crippen molar-refractivity contribution in [3.63, 3.8) is 0 Å². The largest absolute Gasteiger partial charge is 0.324 e. The second-order valence-electron chi connectivity index (χ2n) is 6.38. The maximum absolute atomic E-state index is 14.0. The number of carbonyl (C=O) groups is 2. The molecule has 0 spiro atoms. The summed E-state index contributed by atoms with van der Waals surface area (Å²) in [5, 5.41) is 2.36. The Labute approximate surface area is 130 Å². The minimum Gasteiger partial charge on any atom is -0.324 e. The van der Waals surface area contributed by atoms with Crippen LogP contribution in [-0.2, 0) is 16.0 Å². The van der Waals surface area contributed by atoms with Gasteiger partial charge in [-0.3, -0.25) is 9.59 Å². The molecule has 0 bridgehead atoms. The number of carbonyl (C=O) groups excluding carboxylic acids is 2. The number of anilines is 1. The van der Waals surface area contributed by atoms with Crippen LogP contribution in [0.25, 0.3) is 0 Å². The van der Waals surface area contributed by atoms with Crippen molar-refractivity contribution < 1.29 is 18.4 Å². The van der Waals surface area contributed by atoms with Crippen LogP contribution < -0.4 is 5.32 Å². The Morgan fingerprint density at radius 2 is 1.59 bits per heavy atom. The van der Waals surface area contributed by atoms with Crippen LogP contribution in [0.15, 0.2) is 12.1 Å². The SMILES string of the molecule is CC(C)CC(=O)Cc1cc(F)c(NC(=O)CC(C)C)cc1F. The minimum absolute atomic E-state index is 0.0185. The number of rotatable bonds is 7. The average molecular weight is 311 g/mol. The van der Waals surface area contributed by atoms with Crippen molar-refractivity contribution in [1.29, 1.82) is 0 Å². The van der Waals surface area contributed by atoms with Crippen LogP contribution in [-0.4, -0.2) is 11.7 Å². The summed E-state index contributed by atoms with van der Waals surface area (Å²) in [4.78, 5) is 23.3. The number of benzene rings is 1. The Balaban J connectivity index is 2.83. The van der Waals surface area contributed by atoms with Gasteiger partial charge in [0, 0.05) is 25.3 Å². The number of hydrogen-bond acceptors (Lipinski definition) is 2. The van der Waals surface area contributed by atoms with Gasteiger partial charge in [-0.15, -0.1) is 0 Å². The fourth-order valence-corrected chi connectivity index (χ4v) is 2.13. The first-order valence-electron chi connectivity index (χ1n) is 7.48. The molecule has 0 saturated carbocycles. The summed E-state index contributed by atoms with van der Waals surface area (Å²) in [5.41, 5.74) is -0.173. The third-order valence-corrected chi connectivity index (χ3v) is 3.03. The van der Waals surface area contributed by atoms with Gasteiger partial charge < -0.3 is 5.32 Å². The van der Waals surface area contributed by atoms with Crippen LogP contribution in [0.3, 0.4) is 0 Å². The molecule has 5 heteroatoms. The van der Waals surface area contributed by atoms with Gasteiger partial charge >= 0.3 is 0 Å². The molecule has 1 aromatic carbocycles. The van der Waals surface area contributed by atoms with E-state index in [-0.39, 0.29) is 47.6 Å². The predicted molar refractivity (Wildman–Crippen MR) is 82.6 cm³/mol. The molecule has 0 aliphatic heterocycles. The van der Waals surface area contributed by atoms with Gasteiger partial charge in [-0.25, -0.2) is 8.78 Å². The molecule has 3 nitrogen and oxygen atoms in total. The Morgan fingerprint density at radius 1 is 1.00 bits per heavy atom. The summed E-state index contributed by atoms with van der Waals surface area (Å²) >= 11 is 0. The normalized spacial score (nSPS) is 11.1. The summed E-state index contributed by atoms with van der Waals surface area (Å²) in [7, 11) is 0. The molecular weight excluding hydrogens is 288 g/mol. The quantitative estimate of drug-likeness (QED) is 0.824. The molecule has 0 atom stereocenters. The summed E-state index contributed by atoms with van der Waals surface area (Å²) < 4.78 is 27.9. The van der Waals surface area contributed by atoms with Gasteiger partial charge in [0.05, 0.1) is 5.69 Å². The standard InChI is InChI=1S/C17H23F2NO2/c1-10(2)5-13(21)7-12-8-15(19)16(9-14(12)18)20-17(22)6-11(3)4/h8-11H,5-7H2,1-4H3,(H,20,22). The van der Waals surface area contributed by atoms with E-state index in [1.807, 2.05) is 27.7 Å². The lowest BCUT2D eigenvalue weighted by molar-refractivity contribution is -0.119. The van der Waals surface area contributed by atoms with Crippen LogP contribution in [0.2, 0.25) is 0 Å². The van der Waals surface area contributed by atoms with Crippen molar-refractivity contribution >= 4 is 17.4 Å². The minimum atomic E-state index is -0.731. The summed E-state index contributed by atoms with van der Waals surface area (Å²) in [6, 6.07) is 1.92. The molecule has 0 fully saturated rings. The average Bonchev–Trinajstić information content (AvgIpc) is 2.33. The first-order chi connectivity index (χ1) is 10.2. The van der Waals surface area contributed by atoms with E-state index in [0.29, 0.717) is 6.42 Å². The fourth-order valence-electron chi connectivity index (χ4n) is 2.13. The Bertz CT molecular complexity index is 504. The molecule has 0 aliphatic rings. The molecule has 122 valence electrons. The summed E-state index contributed by atoms with van der Waals surface area (Å²) in [6.07, 6.45) is 0.421. The lowest BCUT2D eigenvalue weighted by atomic mass is 10.0. The third-order valence-electron chi connectivity index (χ3n) is 3.03.